The van der Waals surface area contributed by atoms with E-state index in [-0.39, 0.29) is 11.8 Å². The second-order valence-electron chi connectivity index (χ2n) is 5.15. The number of phenolic OH excluding ortho intramolecular Hbond substituents is 1. The van der Waals surface area contributed by atoms with Crippen LogP contribution in [0.5, 0.6) is 11.5 Å². The number of hydrogen-bond acceptors (Lipinski definition) is 4. The summed E-state index contributed by atoms with van der Waals surface area (Å²) in [7, 11) is 1.57. The van der Waals surface area contributed by atoms with Crippen LogP contribution >= 0.6 is 0 Å². The summed E-state index contributed by atoms with van der Waals surface area (Å²) >= 11 is 0. The van der Waals surface area contributed by atoms with Gasteiger partial charge in [-0.05, 0) is 43.5 Å². The molecule has 0 bridgehead atoms. The molecular formula is C14H22N2O2. The van der Waals surface area contributed by atoms with Crippen molar-refractivity contribution in [2.24, 2.45) is 11.7 Å². The summed E-state index contributed by atoms with van der Waals surface area (Å²) in [5.41, 5.74) is 7.10. The van der Waals surface area contributed by atoms with Crippen LogP contribution in [0.4, 0.5) is 0 Å². The molecule has 1 aromatic rings. The number of benzene rings is 1. The normalized spacial score (nSPS) is 22.1. The van der Waals surface area contributed by atoms with Crippen LogP contribution in [0.15, 0.2) is 18.2 Å². The molecule has 1 aromatic carbocycles. The number of hydrogen-bond donors (Lipinski definition) is 2. The van der Waals surface area contributed by atoms with Gasteiger partial charge in [0.1, 0.15) is 0 Å². The van der Waals surface area contributed by atoms with Crippen LogP contribution in [-0.4, -0.2) is 36.2 Å². The molecule has 0 saturated carbocycles. The van der Waals surface area contributed by atoms with Crippen LogP contribution in [0.1, 0.15) is 18.9 Å². The van der Waals surface area contributed by atoms with Gasteiger partial charge in [-0.15, -0.1) is 0 Å². The first kappa shape index (κ1) is 13.2. The van der Waals surface area contributed by atoms with Gasteiger partial charge in [-0.1, -0.05) is 6.07 Å². The Morgan fingerprint density at radius 1 is 1.56 bits per heavy atom. The first-order chi connectivity index (χ1) is 8.60. The lowest BCUT2D eigenvalue weighted by Crippen LogP contribution is -2.29. The first-order valence-electron chi connectivity index (χ1n) is 6.44. The van der Waals surface area contributed by atoms with Crippen LogP contribution < -0.4 is 10.5 Å². The maximum atomic E-state index is 9.56. The number of aromatic hydroxyl groups is 1. The van der Waals surface area contributed by atoms with Crippen LogP contribution in [0.25, 0.3) is 0 Å². The van der Waals surface area contributed by atoms with Crippen molar-refractivity contribution in [2.45, 2.75) is 25.9 Å². The topological polar surface area (TPSA) is 58.7 Å². The van der Waals surface area contributed by atoms with Crippen LogP contribution in [0.2, 0.25) is 0 Å². The summed E-state index contributed by atoms with van der Waals surface area (Å²) < 4.78 is 5.12. The SMILES string of the molecule is COc1cc(CN2CCC(C(C)N)C2)ccc1O. The first-order valence-corrected chi connectivity index (χ1v) is 6.44. The van der Waals surface area contributed by atoms with E-state index in [2.05, 4.69) is 11.8 Å². The highest BCUT2D eigenvalue weighted by Gasteiger charge is 2.25. The highest BCUT2D eigenvalue weighted by atomic mass is 16.5. The molecule has 1 aliphatic heterocycles. The van der Waals surface area contributed by atoms with Crippen molar-refractivity contribution >= 4 is 0 Å². The van der Waals surface area contributed by atoms with Crippen LogP contribution in [0.3, 0.4) is 0 Å². The molecule has 1 aliphatic rings. The Balaban J connectivity index is 1.98. The van der Waals surface area contributed by atoms with Gasteiger partial charge in [0.2, 0.25) is 0 Å². The number of phenols is 1. The van der Waals surface area contributed by atoms with Gasteiger partial charge >= 0.3 is 0 Å². The quantitative estimate of drug-likeness (QED) is 0.851. The molecule has 2 unspecified atom stereocenters. The van der Waals surface area contributed by atoms with Crippen LogP contribution in [-0.2, 0) is 6.54 Å². The van der Waals surface area contributed by atoms with E-state index in [1.165, 1.54) is 6.42 Å². The van der Waals surface area contributed by atoms with Gasteiger partial charge in [-0.2, -0.15) is 0 Å². The molecular weight excluding hydrogens is 228 g/mol. The van der Waals surface area contributed by atoms with E-state index in [0.717, 1.165) is 25.2 Å². The predicted molar refractivity (Wildman–Crippen MR) is 71.7 cm³/mol. The minimum atomic E-state index is 0.191. The fourth-order valence-corrected chi connectivity index (χ4v) is 2.51. The Morgan fingerprint density at radius 3 is 2.94 bits per heavy atom. The summed E-state index contributed by atoms with van der Waals surface area (Å²) in [6, 6.07) is 5.79. The second kappa shape index (κ2) is 5.59. The van der Waals surface area contributed by atoms with Gasteiger partial charge in [-0.25, -0.2) is 0 Å². The van der Waals surface area contributed by atoms with Gasteiger partial charge in [0.05, 0.1) is 7.11 Å². The van der Waals surface area contributed by atoms with E-state index in [1.807, 2.05) is 12.1 Å². The van der Waals surface area contributed by atoms with Gasteiger partial charge in [0.15, 0.2) is 11.5 Å². The Morgan fingerprint density at radius 2 is 2.33 bits per heavy atom. The molecule has 1 heterocycles. The fourth-order valence-electron chi connectivity index (χ4n) is 2.51. The summed E-state index contributed by atoms with van der Waals surface area (Å²) in [6.45, 7) is 5.12. The average molecular weight is 250 g/mol. The Bertz CT molecular complexity index is 407. The molecule has 2 atom stereocenters. The Kier molecular flexibility index (Phi) is 4.09. The van der Waals surface area contributed by atoms with E-state index in [4.69, 9.17) is 10.5 Å². The third-order valence-corrected chi connectivity index (χ3v) is 3.70. The molecule has 4 nitrogen and oxygen atoms in total. The fraction of sp³-hybridized carbons (Fsp3) is 0.571. The molecule has 1 fully saturated rings. The van der Waals surface area contributed by atoms with Crippen molar-refractivity contribution < 1.29 is 9.84 Å². The smallest absolute Gasteiger partial charge is 0.160 e. The zero-order valence-corrected chi connectivity index (χ0v) is 11.1. The summed E-state index contributed by atoms with van der Waals surface area (Å²) in [4.78, 5) is 2.40. The monoisotopic (exact) mass is 250 g/mol. The van der Waals surface area contributed by atoms with Crippen molar-refractivity contribution in [2.75, 3.05) is 20.2 Å². The molecule has 0 amide bonds. The highest BCUT2D eigenvalue weighted by molar-refractivity contribution is 5.41. The molecule has 0 aromatic heterocycles. The van der Waals surface area contributed by atoms with E-state index < -0.39 is 0 Å². The van der Waals surface area contributed by atoms with Crippen LogP contribution in [0, 0.1) is 5.92 Å². The van der Waals surface area contributed by atoms with Crippen molar-refractivity contribution in [3.63, 3.8) is 0 Å². The second-order valence-corrected chi connectivity index (χ2v) is 5.15. The molecule has 0 radical (unpaired) electrons. The van der Waals surface area contributed by atoms with Crippen molar-refractivity contribution in [3.05, 3.63) is 23.8 Å². The van der Waals surface area contributed by atoms with E-state index in [0.29, 0.717) is 11.7 Å². The highest BCUT2D eigenvalue weighted by Crippen LogP contribution is 2.28. The predicted octanol–water partition coefficient (Wildman–Crippen LogP) is 1.57. The number of methoxy groups -OCH3 is 1. The summed E-state index contributed by atoms with van der Waals surface area (Å²) in [5.74, 6) is 1.33. The molecule has 1 saturated heterocycles. The molecule has 0 spiro atoms. The molecule has 0 aliphatic carbocycles. The lowest BCUT2D eigenvalue weighted by molar-refractivity contribution is 0.307. The third-order valence-electron chi connectivity index (χ3n) is 3.70. The number of likely N-dealkylation sites (tertiary alicyclic amines) is 1. The molecule has 18 heavy (non-hydrogen) atoms. The maximum Gasteiger partial charge on any atom is 0.160 e. The molecule has 100 valence electrons. The molecule has 4 heteroatoms. The Labute approximate surface area is 108 Å². The number of nitrogens with two attached hydrogens (primary N) is 1. The third kappa shape index (κ3) is 2.94. The lowest BCUT2D eigenvalue weighted by Gasteiger charge is -2.18. The lowest BCUT2D eigenvalue weighted by atomic mass is 10.0. The summed E-state index contributed by atoms with van der Waals surface area (Å²) in [5, 5.41) is 9.56. The molecule has 2 rings (SSSR count). The van der Waals surface area contributed by atoms with E-state index in [1.54, 1.807) is 13.2 Å². The van der Waals surface area contributed by atoms with Gasteiger partial charge < -0.3 is 15.6 Å². The molecule has 3 N–H and O–H groups in total. The largest absolute Gasteiger partial charge is 0.504 e. The Hall–Kier alpha value is -1.26. The average Bonchev–Trinajstić information content (AvgIpc) is 2.80. The number of ether oxygens (including phenoxy) is 1. The van der Waals surface area contributed by atoms with Gasteiger partial charge in [0, 0.05) is 19.1 Å². The van der Waals surface area contributed by atoms with E-state index in [9.17, 15) is 5.11 Å². The zero-order chi connectivity index (χ0) is 13.1. The van der Waals surface area contributed by atoms with Crippen molar-refractivity contribution in [1.29, 1.82) is 0 Å². The number of rotatable bonds is 4. The zero-order valence-electron chi connectivity index (χ0n) is 11.1. The number of nitrogens with zero attached hydrogens (tertiary/aromatic N) is 1. The van der Waals surface area contributed by atoms with Gasteiger partial charge in [0.25, 0.3) is 0 Å². The maximum absolute atomic E-state index is 9.56. The van der Waals surface area contributed by atoms with Gasteiger partial charge in [-0.3, -0.25) is 4.90 Å². The van der Waals surface area contributed by atoms with Crippen molar-refractivity contribution in [1.82, 2.24) is 4.90 Å². The van der Waals surface area contributed by atoms with Crippen molar-refractivity contribution in [3.8, 4) is 11.5 Å². The summed E-state index contributed by atoms with van der Waals surface area (Å²) in [6.07, 6.45) is 1.17. The minimum absolute atomic E-state index is 0.191. The standard InChI is InChI=1S/C14H22N2O2/c1-10(15)12-5-6-16(9-12)8-11-3-4-13(17)14(7-11)18-2/h3-4,7,10,12,17H,5-6,8-9,15H2,1-2H3. The minimum Gasteiger partial charge on any atom is -0.504 e. The van der Waals surface area contributed by atoms with E-state index >= 15 is 0 Å².